The van der Waals surface area contributed by atoms with Crippen LogP contribution in [0.2, 0.25) is 0 Å². The number of rotatable bonds is 4. The van der Waals surface area contributed by atoms with Crippen LogP contribution >= 0.6 is 0 Å². The van der Waals surface area contributed by atoms with Gasteiger partial charge in [-0.1, -0.05) is 24.3 Å². The van der Waals surface area contributed by atoms with Crippen molar-refractivity contribution in [3.63, 3.8) is 0 Å². The van der Waals surface area contributed by atoms with Gasteiger partial charge in [0.05, 0.1) is 23.8 Å². The van der Waals surface area contributed by atoms with Crippen LogP contribution in [0.1, 0.15) is 39.3 Å². The predicted octanol–water partition coefficient (Wildman–Crippen LogP) is 2.65. The number of aliphatic hydroxyl groups is 1. The molecule has 34 heavy (non-hydrogen) atoms. The molecule has 0 aliphatic carbocycles. The van der Waals surface area contributed by atoms with E-state index < -0.39 is 5.60 Å². The number of carbonyl (C=O) groups is 2. The van der Waals surface area contributed by atoms with E-state index in [1.807, 2.05) is 30.3 Å². The van der Waals surface area contributed by atoms with Gasteiger partial charge in [0, 0.05) is 24.8 Å². The second-order valence-electron chi connectivity index (χ2n) is 8.87. The molecular weight excluding hydrogens is 430 g/mol. The summed E-state index contributed by atoms with van der Waals surface area (Å²) < 4.78 is 1.69. The van der Waals surface area contributed by atoms with Crippen LogP contribution in [-0.4, -0.2) is 63.3 Å². The molecule has 0 unspecified atom stereocenters. The van der Waals surface area contributed by atoms with Gasteiger partial charge in [0.25, 0.3) is 11.8 Å². The summed E-state index contributed by atoms with van der Waals surface area (Å²) in [6.07, 6.45) is 2.59. The Kier molecular flexibility index (Phi) is 5.56. The van der Waals surface area contributed by atoms with E-state index in [1.165, 1.54) is 0 Å². The molecule has 172 valence electrons. The van der Waals surface area contributed by atoms with Crippen molar-refractivity contribution in [2.75, 3.05) is 31.7 Å². The normalized spacial score (nSPS) is 17.0. The summed E-state index contributed by atoms with van der Waals surface area (Å²) in [6, 6.07) is 20.4. The quantitative estimate of drug-likeness (QED) is 0.630. The summed E-state index contributed by atoms with van der Waals surface area (Å²) in [6.45, 7) is 1.39. The number of piperidine rings is 1. The molecule has 0 radical (unpaired) electrons. The number of hydrogen-bond acceptors (Lipinski definition) is 5. The van der Waals surface area contributed by atoms with Crippen molar-refractivity contribution in [1.82, 2.24) is 14.5 Å². The number of hydrogen-bond donors (Lipinski definition) is 2. The van der Waals surface area contributed by atoms with Gasteiger partial charge >= 0.3 is 0 Å². The number of nitriles is 1. The minimum absolute atomic E-state index is 0.0777. The summed E-state index contributed by atoms with van der Waals surface area (Å²) >= 11 is 0. The largest absolute Gasteiger partial charge is 0.388 e. The molecule has 8 heteroatoms. The summed E-state index contributed by atoms with van der Waals surface area (Å²) in [4.78, 5) is 29.3. The molecule has 1 aromatic heterocycles. The molecule has 1 saturated heterocycles. The van der Waals surface area contributed by atoms with Gasteiger partial charge in [-0.05, 0) is 60.4 Å². The zero-order chi connectivity index (χ0) is 23.7. The first kappa shape index (κ1) is 21.7. The van der Waals surface area contributed by atoms with Crippen LogP contribution in [0.25, 0.3) is 11.1 Å². The van der Waals surface area contributed by atoms with Crippen LogP contribution in [0.5, 0.6) is 0 Å². The van der Waals surface area contributed by atoms with Gasteiger partial charge in [-0.15, -0.1) is 0 Å². The zero-order valence-electron chi connectivity index (χ0n) is 18.6. The highest BCUT2D eigenvalue weighted by Gasteiger charge is 2.38. The maximum Gasteiger partial charge on any atom is 0.273 e. The first-order valence-electron chi connectivity index (χ1n) is 11.3. The average Bonchev–Trinajstić information content (AvgIpc) is 3.36. The molecule has 3 heterocycles. The fraction of sp³-hybridized carbons (Fsp3) is 0.269. The number of fused-ring (bicyclic) bond motifs is 1. The Labute approximate surface area is 197 Å². The van der Waals surface area contributed by atoms with E-state index in [2.05, 4.69) is 11.5 Å². The molecule has 0 atom stereocenters. The van der Waals surface area contributed by atoms with E-state index in [0.29, 0.717) is 49.4 Å². The second-order valence-corrected chi connectivity index (χ2v) is 8.87. The van der Waals surface area contributed by atoms with Gasteiger partial charge in [0.15, 0.2) is 0 Å². The predicted molar refractivity (Wildman–Crippen MR) is 126 cm³/mol. The first-order chi connectivity index (χ1) is 16.5. The van der Waals surface area contributed by atoms with Crippen molar-refractivity contribution >= 4 is 11.8 Å². The number of amides is 2. The van der Waals surface area contributed by atoms with Gasteiger partial charge in [0.2, 0.25) is 0 Å². The molecule has 8 nitrogen and oxygen atoms in total. The SMILES string of the molecule is N#Cc1ccc(-c2cccc(C(=O)N3CCC(O)(CN4CNn5cccc5C4=O)CC3)c2)cc1. The van der Waals surface area contributed by atoms with Crippen LogP contribution in [0.4, 0.5) is 0 Å². The van der Waals surface area contributed by atoms with Crippen LogP contribution in [0.3, 0.4) is 0 Å². The average molecular weight is 456 g/mol. The highest BCUT2D eigenvalue weighted by molar-refractivity contribution is 5.95. The Balaban J connectivity index is 1.23. The number of benzene rings is 2. The molecular formula is C26H25N5O3. The number of aromatic nitrogens is 1. The molecule has 2 N–H and O–H groups in total. The summed E-state index contributed by atoms with van der Waals surface area (Å²) in [5.74, 6) is -0.193. The second kappa shape index (κ2) is 8.69. The molecule has 2 aliphatic heterocycles. The fourth-order valence-electron chi connectivity index (χ4n) is 4.61. The minimum atomic E-state index is -1.03. The summed E-state index contributed by atoms with van der Waals surface area (Å²) in [5.41, 5.74) is 5.67. The molecule has 3 aromatic rings. The molecule has 5 rings (SSSR count). The molecule has 0 spiro atoms. The van der Waals surface area contributed by atoms with Crippen molar-refractivity contribution in [3.05, 3.63) is 83.7 Å². The van der Waals surface area contributed by atoms with E-state index in [-0.39, 0.29) is 18.4 Å². The molecule has 2 aliphatic rings. The molecule has 2 aromatic carbocycles. The van der Waals surface area contributed by atoms with Crippen molar-refractivity contribution < 1.29 is 14.7 Å². The third-order valence-corrected chi connectivity index (χ3v) is 6.61. The Morgan fingerprint density at radius 1 is 1.06 bits per heavy atom. The smallest absolute Gasteiger partial charge is 0.273 e. The van der Waals surface area contributed by atoms with Crippen LogP contribution in [-0.2, 0) is 0 Å². The van der Waals surface area contributed by atoms with E-state index in [9.17, 15) is 14.7 Å². The van der Waals surface area contributed by atoms with E-state index in [4.69, 9.17) is 5.26 Å². The standard InChI is InChI=1S/C26H25N5O3/c27-16-19-6-8-20(9-7-19)21-3-1-4-22(15-21)24(32)29-13-10-26(34,11-14-29)17-30-18-28-31-12-2-5-23(31)25(30)33/h1-9,12,15,28,34H,10-11,13-14,17-18H2. The Morgan fingerprint density at radius 2 is 1.82 bits per heavy atom. The van der Waals surface area contributed by atoms with Crippen molar-refractivity contribution in [3.8, 4) is 17.2 Å². The molecule has 1 fully saturated rings. The lowest BCUT2D eigenvalue weighted by molar-refractivity contribution is -0.0369. The number of nitrogens with one attached hydrogen (secondary N) is 1. The summed E-state index contributed by atoms with van der Waals surface area (Å²) in [7, 11) is 0. The van der Waals surface area contributed by atoms with E-state index in [1.54, 1.807) is 51.0 Å². The third kappa shape index (κ3) is 4.14. The minimum Gasteiger partial charge on any atom is -0.388 e. The lowest BCUT2D eigenvalue weighted by Gasteiger charge is -2.42. The molecule has 2 amide bonds. The lowest BCUT2D eigenvalue weighted by Crippen LogP contribution is -2.56. The lowest BCUT2D eigenvalue weighted by atomic mass is 9.90. The number of nitrogens with zero attached hydrogens (tertiary/aromatic N) is 4. The number of carbonyl (C=O) groups excluding carboxylic acids is 2. The molecule has 0 saturated carbocycles. The Hall–Kier alpha value is -4.09. The number of likely N-dealkylation sites (tertiary alicyclic amines) is 1. The van der Waals surface area contributed by atoms with Crippen LogP contribution < -0.4 is 5.43 Å². The maximum atomic E-state index is 13.2. The highest BCUT2D eigenvalue weighted by Crippen LogP contribution is 2.27. The van der Waals surface area contributed by atoms with Crippen molar-refractivity contribution in [2.45, 2.75) is 18.4 Å². The van der Waals surface area contributed by atoms with E-state index in [0.717, 1.165) is 11.1 Å². The fourth-order valence-corrected chi connectivity index (χ4v) is 4.61. The van der Waals surface area contributed by atoms with E-state index >= 15 is 0 Å². The third-order valence-electron chi connectivity index (χ3n) is 6.61. The Morgan fingerprint density at radius 3 is 2.56 bits per heavy atom. The van der Waals surface area contributed by atoms with Gasteiger partial charge in [0.1, 0.15) is 12.4 Å². The number of β-amino-alcohol motifs (C(OH)–C–C–N with tert-alkyl or cyclic N) is 1. The monoisotopic (exact) mass is 455 g/mol. The maximum absolute atomic E-state index is 13.2. The van der Waals surface area contributed by atoms with Gasteiger partial charge in [-0.25, -0.2) is 0 Å². The topological polar surface area (TPSA) is 102 Å². The first-order valence-corrected chi connectivity index (χ1v) is 11.3. The molecule has 0 bridgehead atoms. The van der Waals surface area contributed by atoms with Gasteiger partial charge in [-0.3, -0.25) is 14.3 Å². The van der Waals surface area contributed by atoms with Crippen LogP contribution in [0.15, 0.2) is 66.9 Å². The van der Waals surface area contributed by atoms with Crippen molar-refractivity contribution in [1.29, 1.82) is 5.26 Å². The zero-order valence-corrected chi connectivity index (χ0v) is 18.6. The summed E-state index contributed by atoms with van der Waals surface area (Å²) in [5, 5.41) is 20.1. The highest BCUT2D eigenvalue weighted by atomic mass is 16.3. The van der Waals surface area contributed by atoms with Gasteiger partial charge in [-0.2, -0.15) is 5.26 Å². The van der Waals surface area contributed by atoms with Crippen LogP contribution in [0, 0.1) is 11.3 Å². The Bertz CT molecular complexity index is 1270. The van der Waals surface area contributed by atoms with Crippen molar-refractivity contribution in [2.24, 2.45) is 0 Å². The van der Waals surface area contributed by atoms with Gasteiger partial charge < -0.3 is 20.3 Å².